The van der Waals surface area contributed by atoms with Gasteiger partial charge in [0.25, 0.3) is 5.91 Å². The minimum atomic E-state index is -0.956. The van der Waals surface area contributed by atoms with Gasteiger partial charge in [-0.05, 0) is 69.2 Å². The first-order valence-electron chi connectivity index (χ1n) is 9.05. The van der Waals surface area contributed by atoms with Gasteiger partial charge in [0, 0.05) is 16.6 Å². The van der Waals surface area contributed by atoms with Crippen molar-refractivity contribution in [3.63, 3.8) is 0 Å². The summed E-state index contributed by atoms with van der Waals surface area (Å²) in [6.45, 7) is 7.44. The Hall–Kier alpha value is -3.28. The molecule has 0 aliphatic carbocycles. The van der Waals surface area contributed by atoms with Crippen molar-refractivity contribution in [3.8, 4) is 5.75 Å². The van der Waals surface area contributed by atoms with Crippen LogP contribution in [0.25, 0.3) is 10.9 Å². The molecule has 2 aromatic carbocycles. The third-order valence-corrected chi connectivity index (χ3v) is 4.81. The summed E-state index contributed by atoms with van der Waals surface area (Å²) in [4.78, 5) is 28.3. The molecule has 1 aromatic heterocycles. The minimum Gasteiger partial charge on any atom is -0.495 e. The van der Waals surface area contributed by atoms with Crippen LogP contribution in [0.1, 0.15) is 34.1 Å². The summed E-state index contributed by atoms with van der Waals surface area (Å²) in [6, 6.07) is 10.8. The van der Waals surface area contributed by atoms with Gasteiger partial charge in [0.2, 0.25) is 0 Å². The molecule has 0 fully saturated rings. The predicted molar refractivity (Wildman–Crippen MR) is 109 cm³/mol. The number of benzene rings is 2. The molecule has 3 aromatic rings. The Labute approximate surface area is 163 Å². The second-order valence-electron chi connectivity index (χ2n) is 6.88. The highest BCUT2D eigenvalue weighted by atomic mass is 16.5. The molecule has 0 aliphatic rings. The van der Waals surface area contributed by atoms with E-state index in [1.54, 1.807) is 31.2 Å². The van der Waals surface area contributed by atoms with E-state index in [2.05, 4.69) is 10.3 Å². The summed E-state index contributed by atoms with van der Waals surface area (Å²) in [7, 11) is 1.53. The highest BCUT2D eigenvalue weighted by Gasteiger charge is 2.21. The summed E-state index contributed by atoms with van der Waals surface area (Å²) in [5, 5.41) is 3.72. The highest BCUT2D eigenvalue weighted by molar-refractivity contribution is 6.00. The van der Waals surface area contributed by atoms with Gasteiger partial charge in [0.05, 0.1) is 18.4 Å². The Balaban J connectivity index is 1.72. The molecule has 3 rings (SSSR count). The molecule has 0 radical (unpaired) electrons. The number of H-pyrrole nitrogens is 1. The number of fused-ring (bicyclic) bond motifs is 1. The number of esters is 1. The molecule has 1 atom stereocenters. The summed E-state index contributed by atoms with van der Waals surface area (Å²) in [5.74, 6) is -0.424. The summed E-state index contributed by atoms with van der Waals surface area (Å²) in [6.07, 6.45) is -0.956. The molecule has 1 heterocycles. The van der Waals surface area contributed by atoms with Gasteiger partial charge in [-0.25, -0.2) is 4.79 Å². The van der Waals surface area contributed by atoms with Crippen molar-refractivity contribution in [2.24, 2.45) is 0 Å². The van der Waals surface area contributed by atoms with Crippen LogP contribution in [-0.4, -0.2) is 30.1 Å². The van der Waals surface area contributed by atoms with E-state index in [9.17, 15) is 9.59 Å². The number of aromatic nitrogens is 1. The van der Waals surface area contributed by atoms with Crippen molar-refractivity contribution in [1.82, 2.24) is 4.98 Å². The van der Waals surface area contributed by atoms with Gasteiger partial charge in [-0.15, -0.1) is 0 Å². The van der Waals surface area contributed by atoms with E-state index in [-0.39, 0.29) is 0 Å². The number of hydrogen-bond acceptors (Lipinski definition) is 4. The number of aryl methyl sites for hydroxylation is 3. The quantitative estimate of drug-likeness (QED) is 0.647. The average Bonchev–Trinajstić information content (AvgIpc) is 2.95. The van der Waals surface area contributed by atoms with E-state index in [4.69, 9.17) is 9.47 Å². The number of carbonyl (C=O) groups excluding carboxylic acids is 2. The van der Waals surface area contributed by atoms with Crippen molar-refractivity contribution in [1.29, 1.82) is 0 Å². The van der Waals surface area contributed by atoms with Crippen LogP contribution in [0.5, 0.6) is 5.75 Å². The van der Waals surface area contributed by atoms with Gasteiger partial charge >= 0.3 is 5.97 Å². The number of carbonyl (C=O) groups is 2. The number of amides is 1. The summed E-state index contributed by atoms with van der Waals surface area (Å²) in [5.41, 5.74) is 5.02. The van der Waals surface area contributed by atoms with Crippen molar-refractivity contribution in [3.05, 3.63) is 58.8 Å². The van der Waals surface area contributed by atoms with E-state index in [1.165, 1.54) is 7.11 Å². The lowest BCUT2D eigenvalue weighted by molar-refractivity contribution is -0.123. The van der Waals surface area contributed by atoms with Gasteiger partial charge < -0.3 is 19.8 Å². The molecule has 2 N–H and O–H groups in total. The number of hydrogen-bond donors (Lipinski definition) is 2. The normalized spacial score (nSPS) is 11.9. The van der Waals surface area contributed by atoms with Crippen molar-refractivity contribution >= 4 is 28.5 Å². The van der Waals surface area contributed by atoms with E-state index < -0.39 is 18.0 Å². The first kappa shape index (κ1) is 19.5. The Bertz CT molecular complexity index is 1050. The van der Waals surface area contributed by atoms with E-state index in [0.717, 1.165) is 27.7 Å². The monoisotopic (exact) mass is 380 g/mol. The number of nitrogens with one attached hydrogen (secondary N) is 2. The van der Waals surface area contributed by atoms with Crippen molar-refractivity contribution < 1.29 is 19.1 Å². The second-order valence-corrected chi connectivity index (χ2v) is 6.88. The maximum Gasteiger partial charge on any atom is 0.338 e. The molecule has 1 unspecified atom stereocenters. The van der Waals surface area contributed by atoms with E-state index in [0.29, 0.717) is 17.0 Å². The van der Waals surface area contributed by atoms with Gasteiger partial charge in [0.1, 0.15) is 5.75 Å². The molecule has 1 amide bonds. The number of rotatable bonds is 5. The molecule has 6 nitrogen and oxygen atoms in total. The minimum absolute atomic E-state index is 0.405. The fourth-order valence-corrected chi connectivity index (χ4v) is 3.02. The third kappa shape index (κ3) is 3.86. The van der Waals surface area contributed by atoms with Crippen LogP contribution >= 0.6 is 0 Å². The fourth-order valence-electron chi connectivity index (χ4n) is 3.02. The van der Waals surface area contributed by atoms with Gasteiger partial charge in [0.15, 0.2) is 6.10 Å². The molecule has 6 heteroatoms. The zero-order valence-electron chi connectivity index (χ0n) is 16.7. The smallest absolute Gasteiger partial charge is 0.338 e. The maximum absolute atomic E-state index is 12.5. The highest BCUT2D eigenvalue weighted by Crippen LogP contribution is 2.26. The zero-order valence-corrected chi connectivity index (χ0v) is 16.7. The maximum atomic E-state index is 12.5. The largest absolute Gasteiger partial charge is 0.495 e. The van der Waals surface area contributed by atoms with Gasteiger partial charge in [-0.1, -0.05) is 6.07 Å². The molecule has 0 spiro atoms. The average molecular weight is 380 g/mol. The predicted octanol–water partition coefficient (Wildman–Crippen LogP) is 4.29. The lowest BCUT2D eigenvalue weighted by atomic mass is 10.1. The van der Waals surface area contributed by atoms with Crippen LogP contribution in [0, 0.1) is 20.8 Å². The molecule has 0 saturated heterocycles. The number of methoxy groups -OCH3 is 1. The standard InChI is InChI=1S/C22H24N2O4/c1-12-6-9-20(27-5)19(10-12)24-21(25)15(4)28-22(26)16-7-8-18-17(11-16)13(2)14(3)23-18/h6-11,15,23H,1-5H3,(H,24,25). The topological polar surface area (TPSA) is 80.4 Å². The lowest BCUT2D eigenvalue weighted by Gasteiger charge is -2.15. The molecule has 146 valence electrons. The molecule has 0 saturated carbocycles. The van der Waals surface area contributed by atoms with Gasteiger partial charge in [-0.3, -0.25) is 4.79 Å². The molecule has 28 heavy (non-hydrogen) atoms. The SMILES string of the molecule is COc1ccc(C)cc1NC(=O)C(C)OC(=O)c1ccc2[nH]c(C)c(C)c2c1. The van der Waals surface area contributed by atoms with Crippen LogP contribution in [0.3, 0.4) is 0 Å². The van der Waals surface area contributed by atoms with Crippen molar-refractivity contribution in [2.75, 3.05) is 12.4 Å². The van der Waals surface area contributed by atoms with Crippen LogP contribution < -0.4 is 10.1 Å². The molecular weight excluding hydrogens is 356 g/mol. The summed E-state index contributed by atoms with van der Waals surface area (Å²) >= 11 is 0. The fraction of sp³-hybridized carbons (Fsp3) is 0.273. The Morgan fingerprint density at radius 2 is 1.82 bits per heavy atom. The first-order valence-corrected chi connectivity index (χ1v) is 9.05. The summed E-state index contributed by atoms with van der Waals surface area (Å²) < 4.78 is 10.6. The van der Waals surface area contributed by atoms with Crippen molar-refractivity contribution in [2.45, 2.75) is 33.8 Å². The third-order valence-electron chi connectivity index (χ3n) is 4.81. The Morgan fingerprint density at radius 1 is 1.07 bits per heavy atom. The molecular formula is C22H24N2O4. The van der Waals surface area contributed by atoms with Crippen LogP contribution in [-0.2, 0) is 9.53 Å². The Morgan fingerprint density at radius 3 is 2.54 bits per heavy atom. The number of anilines is 1. The molecule has 0 bridgehead atoms. The van der Waals surface area contributed by atoms with E-state index in [1.807, 2.05) is 32.9 Å². The number of aromatic amines is 1. The molecule has 0 aliphatic heterocycles. The van der Waals surface area contributed by atoms with Crippen LogP contribution in [0.4, 0.5) is 5.69 Å². The number of ether oxygens (including phenoxy) is 2. The zero-order chi connectivity index (χ0) is 20.4. The Kier molecular flexibility index (Phi) is 5.40. The first-order chi connectivity index (χ1) is 13.3. The van der Waals surface area contributed by atoms with Crippen LogP contribution in [0.15, 0.2) is 36.4 Å². The lowest BCUT2D eigenvalue weighted by Crippen LogP contribution is -2.30. The van der Waals surface area contributed by atoms with Gasteiger partial charge in [-0.2, -0.15) is 0 Å². The van der Waals surface area contributed by atoms with Crippen LogP contribution in [0.2, 0.25) is 0 Å². The van der Waals surface area contributed by atoms with E-state index >= 15 is 0 Å². The second kappa shape index (κ2) is 7.76.